The monoisotopic (exact) mass is 247 g/mol. The number of pyridine rings is 1. The Morgan fingerprint density at radius 3 is 2.72 bits per heavy atom. The first-order valence-electron chi connectivity index (χ1n) is 5.15. The summed E-state index contributed by atoms with van der Waals surface area (Å²) in [5.74, 6) is -1.53. The van der Waals surface area contributed by atoms with Crippen LogP contribution in [0.5, 0.6) is 5.75 Å². The maximum Gasteiger partial charge on any atom is 0.336 e. The molecule has 92 valence electrons. The summed E-state index contributed by atoms with van der Waals surface area (Å²) < 4.78 is 18.2. The van der Waals surface area contributed by atoms with Crippen LogP contribution in [0.4, 0.5) is 4.39 Å². The minimum atomic E-state index is -1.21. The van der Waals surface area contributed by atoms with Gasteiger partial charge in [-0.25, -0.2) is 9.78 Å². The molecule has 4 nitrogen and oxygen atoms in total. The van der Waals surface area contributed by atoms with E-state index in [2.05, 4.69) is 4.98 Å². The van der Waals surface area contributed by atoms with Crippen LogP contribution in [0.1, 0.15) is 10.4 Å². The van der Waals surface area contributed by atoms with Gasteiger partial charge >= 0.3 is 5.97 Å². The number of carboxylic acids is 1. The minimum absolute atomic E-state index is 0.146. The molecule has 0 saturated carbocycles. The lowest BCUT2D eigenvalue weighted by Crippen LogP contribution is -2.02. The standard InChI is InChI=1S/C13H10FNO3/c1-18-11-5-3-2-4-8(11)10-7-15-12(14)6-9(10)13(16)17/h2-7H,1H3,(H,16,17). The zero-order valence-electron chi connectivity index (χ0n) is 9.55. The second-order valence-electron chi connectivity index (χ2n) is 3.56. The van der Waals surface area contributed by atoms with E-state index < -0.39 is 11.9 Å². The fourth-order valence-corrected chi connectivity index (χ4v) is 1.69. The molecule has 0 saturated heterocycles. The van der Waals surface area contributed by atoms with Crippen molar-refractivity contribution in [3.63, 3.8) is 0 Å². The molecule has 1 aromatic heterocycles. The molecule has 0 unspecified atom stereocenters. The first-order valence-corrected chi connectivity index (χ1v) is 5.15. The van der Waals surface area contributed by atoms with Crippen LogP contribution in [0.25, 0.3) is 11.1 Å². The van der Waals surface area contributed by atoms with Gasteiger partial charge in [0.05, 0.1) is 12.7 Å². The molecule has 2 rings (SSSR count). The Hall–Kier alpha value is -2.43. The maximum atomic E-state index is 13.0. The van der Waals surface area contributed by atoms with E-state index in [-0.39, 0.29) is 5.56 Å². The van der Waals surface area contributed by atoms with Gasteiger partial charge < -0.3 is 9.84 Å². The predicted molar refractivity (Wildman–Crippen MR) is 63.1 cm³/mol. The highest BCUT2D eigenvalue weighted by molar-refractivity contribution is 5.96. The van der Waals surface area contributed by atoms with Gasteiger partial charge in [0.1, 0.15) is 5.75 Å². The Morgan fingerprint density at radius 2 is 2.06 bits per heavy atom. The lowest BCUT2D eigenvalue weighted by Gasteiger charge is -2.10. The van der Waals surface area contributed by atoms with E-state index in [0.717, 1.165) is 6.07 Å². The number of rotatable bonds is 3. The average Bonchev–Trinajstić information content (AvgIpc) is 2.38. The van der Waals surface area contributed by atoms with Crippen molar-refractivity contribution in [3.05, 3.63) is 48.0 Å². The third-order valence-electron chi connectivity index (χ3n) is 2.50. The molecular weight excluding hydrogens is 237 g/mol. The maximum absolute atomic E-state index is 13.0. The van der Waals surface area contributed by atoms with Crippen LogP contribution in [0.2, 0.25) is 0 Å². The Balaban J connectivity index is 2.67. The highest BCUT2D eigenvalue weighted by atomic mass is 19.1. The molecule has 0 spiro atoms. The molecule has 0 radical (unpaired) electrons. The molecular formula is C13H10FNO3. The number of benzene rings is 1. The van der Waals surface area contributed by atoms with Gasteiger partial charge in [-0.15, -0.1) is 0 Å². The van der Waals surface area contributed by atoms with Crippen molar-refractivity contribution in [1.82, 2.24) is 4.98 Å². The summed E-state index contributed by atoms with van der Waals surface area (Å²) in [5, 5.41) is 9.08. The molecule has 0 aliphatic carbocycles. The van der Waals surface area contributed by atoms with Crippen LogP contribution in [0, 0.1) is 5.95 Å². The number of nitrogens with zero attached hydrogens (tertiary/aromatic N) is 1. The number of hydrogen-bond donors (Lipinski definition) is 1. The third-order valence-corrected chi connectivity index (χ3v) is 2.50. The highest BCUT2D eigenvalue weighted by Crippen LogP contribution is 2.31. The summed E-state index contributed by atoms with van der Waals surface area (Å²) in [7, 11) is 1.48. The normalized spacial score (nSPS) is 10.1. The van der Waals surface area contributed by atoms with E-state index >= 15 is 0 Å². The summed E-state index contributed by atoms with van der Waals surface area (Å²) in [5.41, 5.74) is 0.734. The molecule has 0 amide bonds. The first-order chi connectivity index (χ1) is 8.63. The third kappa shape index (κ3) is 2.15. The SMILES string of the molecule is COc1ccccc1-c1cnc(F)cc1C(=O)O. The second kappa shape index (κ2) is 4.83. The quantitative estimate of drug-likeness (QED) is 0.847. The zero-order valence-corrected chi connectivity index (χ0v) is 9.55. The summed E-state index contributed by atoms with van der Waals surface area (Å²) in [4.78, 5) is 14.6. The van der Waals surface area contributed by atoms with Crippen LogP contribution in [0.15, 0.2) is 36.5 Å². The number of hydrogen-bond acceptors (Lipinski definition) is 3. The highest BCUT2D eigenvalue weighted by Gasteiger charge is 2.16. The van der Waals surface area contributed by atoms with Gasteiger partial charge in [0.15, 0.2) is 0 Å². The summed E-state index contributed by atoms with van der Waals surface area (Å²) in [6.07, 6.45) is 1.19. The van der Waals surface area contributed by atoms with Gasteiger partial charge in [0.2, 0.25) is 5.95 Å². The van der Waals surface area contributed by atoms with E-state index in [1.165, 1.54) is 13.3 Å². The zero-order chi connectivity index (χ0) is 13.1. The summed E-state index contributed by atoms with van der Waals surface area (Å²) in [6, 6.07) is 7.79. The summed E-state index contributed by atoms with van der Waals surface area (Å²) >= 11 is 0. The number of methoxy groups -OCH3 is 1. The van der Waals surface area contributed by atoms with Crippen LogP contribution < -0.4 is 4.74 Å². The molecule has 18 heavy (non-hydrogen) atoms. The van der Waals surface area contributed by atoms with E-state index in [4.69, 9.17) is 9.84 Å². The Bertz CT molecular complexity index is 599. The number of carboxylic acid groups (broad SMARTS) is 1. The predicted octanol–water partition coefficient (Wildman–Crippen LogP) is 2.59. The van der Waals surface area contributed by atoms with E-state index in [0.29, 0.717) is 16.9 Å². The van der Waals surface area contributed by atoms with Crippen LogP contribution >= 0.6 is 0 Å². The summed E-state index contributed by atoms with van der Waals surface area (Å²) in [6.45, 7) is 0. The number of halogens is 1. The van der Waals surface area contributed by atoms with Crippen LogP contribution in [0.3, 0.4) is 0 Å². The van der Waals surface area contributed by atoms with Gasteiger partial charge in [-0.1, -0.05) is 18.2 Å². The lowest BCUT2D eigenvalue weighted by atomic mass is 10.0. The Morgan fingerprint density at radius 1 is 1.33 bits per heavy atom. The van der Waals surface area contributed by atoms with Gasteiger partial charge in [-0.05, 0) is 6.07 Å². The van der Waals surface area contributed by atoms with E-state index in [1.807, 2.05) is 0 Å². The molecule has 2 aromatic rings. The number of aromatic carboxylic acids is 1. The molecule has 0 atom stereocenters. The van der Waals surface area contributed by atoms with E-state index in [9.17, 15) is 9.18 Å². The molecule has 5 heteroatoms. The molecule has 0 bridgehead atoms. The average molecular weight is 247 g/mol. The first kappa shape index (κ1) is 12.0. The number of carbonyl (C=O) groups is 1. The molecule has 0 aliphatic rings. The molecule has 0 aliphatic heterocycles. The van der Waals surface area contributed by atoms with Crippen molar-refractivity contribution in [1.29, 1.82) is 0 Å². The van der Waals surface area contributed by atoms with Crippen molar-refractivity contribution in [2.45, 2.75) is 0 Å². The lowest BCUT2D eigenvalue weighted by molar-refractivity contribution is 0.0697. The molecule has 1 N–H and O–H groups in total. The molecule has 0 fully saturated rings. The van der Waals surface area contributed by atoms with Crippen molar-refractivity contribution < 1.29 is 19.0 Å². The number of aromatic nitrogens is 1. The number of ether oxygens (including phenoxy) is 1. The topological polar surface area (TPSA) is 59.4 Å². The molecule has 1 aromatic carbocycles. The van der Waals surface area contributed by atoms with Gasteiger partial charge in [0, 0.05) is 23.4 Å². The van der Waals surface area contributed by atoms with Crippen LogP contribution in [-0.4, -0.2) is 23.2 Å². The van der Waals surface area contributed by atoms with Crippen molar-refractivity contribution >= 4 is 5.97 Å². The van der Waals surface area contributed by atoms with Crippen molar-refractivity contribution in [3.8, 4) is 16.9 Å². The molecule has 1 heterocycles. The van der Waals surface area contributed by atoms with Gasteiger partial charge in [-0.3, -0.25) is 0 Å². The fraction of sp³-hybridized carbons (Fsp3) is 0.0769. The minimum Gasteiger partial charge on any atom is -0.496 e. The van der Waals surface area contributed by atoms with E-state index in [1.54, 1.807) is 24.3 Å². The Labute approximate surface area is 103 Å². The van der Waals surface area contributed by atoms with Crippen LogP contribution in [-0.2, 0) is 0 Å². The smallest absolute Gasteiger partial charge is 0.336 e. The van der Waals surface area contributed by atoms with Crippen molar-refractivity contribution in [2.24, 2.45) is 0 Å². The van der Waals surface area contributed by atoms with Gasteiger partial charge in [0.25, 0.3) is 0 Å². The van der Waals surface area contributed by atoms with Gasteiger partial charge in [-0.2, -0.15) is 4.39 Å². The largest absolute Gasteiger partial charge is 0.496 e. The second-order valence-corrected chi connectivity index (χ2v) is 3.56. The Kier molecular flexibility index (Phi) is 3.23. The fourth-order valence-electron chi connectivity index (χ4n) is 1.69. The van der Waals surface area contributed by atoms with Crippen molar-refractivity contribution in [2.75, 3.05) is 7.11 Å². The number of para-hydroxylation sites is 1.